The van der Waals surface area contributed by atoms with E-state index < -0.39 is 5.91 Å². The molecule has 1 amide bonds. The highest BCUT2D eigenvalue weighted by molar-refractivity contribution is 7.08. The Morgan fingerprint density at radius 3 is 2.69 bits per heavy atom. The molecule has 11 heteroatoms. The molecule has 32 heavy (non-hydrogen) atoms. The van der Waals surface area contributed by atoms with Gasteiger partial charge < -0.3 is 20.5 Å². The van der Waals surface area contributed by atoms with Crippen LogP contribution < -0.4 is 25.4 Å². The number of ether oxygens (including phenoxy) is 2. The summed E-state index contributed by atoms with van der Waals surface area (Å²) in [4.78, 5) is 23.6. The number of nitrogens with two attached hydrogens (primary N) is 1. The number of methoxy groups -OCH3 is 2. The smallest absolute Gasteiger partial charge is 0.269 e. The predicted octanol–water partition coefficient (Wildman–Crippen LogP) is 3.49. The zero-order valence-electron chi connectivity index (χ0n) is 17.3. The number of pyridine rings is 1. The third-order valence-corrected chi connectivity index (χ3v) is 5.88. The van der Waals surface area contributed by atoms with Crippen molar-refractivity contribution in [3.05, 3.63) is 58.5 Å². The molecule has 3 aromatic heterocycles. The van der Waals surface area contributed by atoms with Crippen molar-refractivity contribution in [1.29, 1.82) is 0 Å². The largest absolute Gasteiger partial charge is 0.493 e. The molecule has 0 saturated carbocycles. The number of benzene rings is 1. The van der Waals surface area contributed by atoms with Crippen LogP contribution in [0, 0.1) is 0 Å². The molecule has 0 aliphatic heterocycles. The van der Waals surface area contributed by atoms with Crippen LogP contribution in [-0.4, -0.2) is 41.2 Å². The van der Waals surface area contributed by atoms with Crippen molar-refractivity contribution in [2.75, 3.05) is 26.1 Å². The van der Waals surface area contributed by atoms with E-state index in [1.807, 2.05) is 22.9 Å². The lowest BCUT2D eigenvalue weighted by Gasteiger charge is -2.19. The van der Waals surface area contributed by atoms with Crippen LogP contribution in [0.15, 0.2) is 47.4 Å². The average molecular weight is 473 g/mol. The summed E-state index contributed by atoms with van der Waals surface area (Å²) in [6, 6.07) is 8.73. The summed E-state index contributed by atoms with van der Waals surface area (Å²) >= 11 is 7.16. The van der Waals surface area contributed by atoms with Crippen molar-refractivity contribution in [2.45, 2.75) is 6.04 Å². The third kappa shape index (κ3) is 4.07. The lowest BCUT2D eigenvalue weighted by molar-refractivity contribution is 0.0982. The van der Waals surface area contributed by atoms with Crippen molar-refractivity contribution in [3.8, 4) is 17.3 Å². The molecule has 0 bridgehead atoms. The molecule has 0 aliphatic rings. The summed E-state index contributed by atoms with van der Waals surface area (Å²) in [5.41, 5.74) is 8.76. The van der Waals surface area contributed by atoms with E-state index in [2.05, 4.69) is 15.1 Å². The maximum absolute atomic E-state index is 12.4. The second-order valence-corrected chi connectivity index (χ2v) is 7.76. The standard InChI is InChI=1S/C21H21ClN6O3S/c1-30-17-7-14-16(8-18(17)31-2)28(11-24-14)19-4-3-13(21(29)27-22)20(26-19)25-15(9-23)12-5-6-32-10-12/h3-8,10-11,15H,9,23H2,1-2H3,(H,25,26)(H,27,29). The zero-order chi connectivity index (χ0) is 22.7. The van der Waals surface area contributed by atoms with Gasteiger partial charge >= 0.3 is 0 Å². The summed E-state index contributed by atoms with van der Waals surface area (Å²) in [6.07, 6.45) is 1.65. The monoisotopic (exact) mass is 472 g/mol. The number of hydrogen-bond acceptors (Lipinski definition) is 8. The van der Waals surface area contributed by atoms with Crippen molar-refractivity contribution < 1.29 is 14.3 Å². The first kappa shape index (κ1) is 21.9. The number of carbonyl (C=O) groups excluding carboxylic acids is 1. The quantitative estimate of drug-likeness (QED) is 0.336. The van der Waals surface area contributed by atoms with Crippen molar-refractivity contribution >= 4 is 45.9 Å². The highest BCUT2D eigenvalue weighted by Crippen LogP contribution is 2.33. The fraction of sp³-hybridized carbons (Fsp3) is 0.190. The zero-order valence-corrected chi connectivity index (χ0v) is 18.9. The van der Waals surface area contributed by atoms with Crippen LogP contribution in [0.1, 0.15) is 22.0 Å². The molecule has 1 aromatic carbocycles. The maximum atomic E-state index is 12.4. The number of nitrogens with one attached hydrogen (secondary N) is 2. The SMILES string of the molecule is COc1cc2ncn(-c3ccc(C(=O)NCl)c(NC(CN)c4ccsc4)n3)c2cc1OC. The molecule has 0 saturated heterocycles. The topological polar surface area (TPSA) is 116 Å². The molecule has 1 atom stereocenters. The van der Waals surface area contributed by atoms with Gasteiger partial charge in [-0.05, 0) is 34.5 Å². The molecule has 0 radical (unpaired) electrons. The van der Waals surface area contributed by atoms with Gasteiger partial charge in [-0.2, -0.15) is 11.3 Å². The van der Waals surface area contributed by atoms with Crippen LogP contribution in [0.3, 0.4) is 0 Å². The lowest BCUT2D eigenvalue weighted by Crippen LogP contribution is -2.24. The van der Waals surface area contributed by atoms with Crippen LogP contribution in [0.25, 0.3) is 16.9 Å². The maximum Gasteiger partial charge on any atom is 0.269 e. The van der Waals surface area contributed by atoms with E-state index >= 15 is 0 Å². The highest BCUT2D eigenvalue weighted by Gasteiger charge is 2.19. The number of fused-ring (bicyclic) bond motifs is 1. The van der Waals surface area contributed by atoms with Crippen molar-refractivity contribution in [3.63, 3.8) is 0 Å². The van der Waals surface area contributed by atoms with Crippen LogP contribution in [0.5, 0.6) is 11.5 Å². The Morgan fingerprint density at radius 1 is 1.25 bits per heavy atom. The summed E-state index contributed by atoms with van der Waals surface area (Å²) in [5, 5.41) is 7.24. The van der Waals surface area contributed by atoms with Crippen molar-refractivity contribution in [1.82, 2.24) is 19.4 Å². The Morgan fingerprint density at radius 2 is 2.03 bits per heavy atom. The van der Waals surface area contributed by atoms with E-state index in [-0.39, 0.29) is 6.04 Å². The predicted molar refractivity (Wildman–Crippen MR) is 125 cm³/mol. The molecule has 0 spiro atoms. The second kappa shape index (κ2) is 9.43. The Labute approximate surface area is 193 Å². The molecule has 4 aromatic rings. The van der Waals surface area contributed by atoms with E-state index in [9.17, 15) is 4.79 Å². The number of amides is 1. The number of halogens is 1. The molecule has 4 N–H and O–H groups in total. The van der Waals surface area contributed by atoms with Gasteiger partial charge in [-0.25, -0.2) is 9.97 Å². The summed E-state index contributed by atoms with van der Waals surface area (Å²) in [7, 11) is 3.14. The molecule has 9 nitrogen and oxygen atoms in total. The minimum atomic E-state index is -0.476. The lowest BCUT2D eigenvalue weighted by atomic mass is 10.1. The molecule has 4 rings (SSSR count). The van der Waals surface area contributed by atoms with Gasteiger partial charge in [0.05, 0.1) is 36.9 Å². The number of aromatic nitrogens is 3. The average Bonchev–Trinajstić information content (AvgIpc) is 3.51. The minimum Gasteiger partial charge on any atom is -0.493 e. The third-order valence-electron chi connectivity index (χ3n) is 5.00. The normalized spacial score (nSPS) is 11.9. The number of imidazole rings is 1. The Bertz CT molecular complexity index is 1240. The van der Waals surface area contributed by atoms with E-state index in [1.54, 1.807) is 54.6 Å². The Hall–Kier alpha value is -3.34. The Kier molecular flexibility index (Phi) is 6.45. The first-order chi connectivity index (χ1) is 15.6. The number of nitrogens with zero attached hydrogens (tertiary/aromatic N) is 3. The number of rotatable bonds is 8. The van der Waals surface area contributed by atoms with Gasteiger partial charge in [0.25, 0.3) is 5.91 Å². The van der Waals surface area contributed by atoms with Gasteiger partial charge in [0.2, 0.25) is 0 Å². The summed E-state index contributed by atoms with van der Waals surface area (Å²) < 4.78 is 12.6. The first-order valence-electron chi connectivity index (χ1n) is 9.59. The van der Waals surface area contributed by atoms with Crippen LogP contribution in [-0.2, 0) is 0 Å². The number of thiophene rings is 1. The van der Waals surface area contributed by atoms with Crippen LogP contribution >= 0.6 is 23.1 Å². The number of anilines is 1. The van der Waals surface area contributed by atoms with E-state index in [0.717, 1.165) is 11.1 Å². The first-order valence-corrected chi connectivity index (χ1v) is 10.9. The number of carbonyl (C=O) groups is 1. The summed E-state index contributed by atoms with van der Waals surface area (Å²) in [6.45, 7) is 0.315. The summed E-state index contributed by atoms with van der Waals surface area (Å²) in [5.74, 6) is 1.57. The fourth-order valence-electron chi connectivity index (χ4n) is 3.36. The van der Waals surface area contributed by atoms with E-state index in [0.29, 0.717) is 40.8 Å². The van der Waals surface area contributed by atoms with Crippen molar-refractivity contribution in [2.24, 2.45) is 5.73 Å². The van der Waals surface area contributed by atoms with Gasteiger partial charge in [0, 0.05) is 30.5 Å². The van der Waals surface area contributed by atoms with Gasteiger partial charge in [0.15, 0.2) is 11.5 Å². The van der Waals surface area contributed by atoms with Gasteiger partial charge in [-0.15, -0.1) is 0 Å². The molecule has 3 heterocycles. The number of hydrogen-bond donors (Lipinski definition) is 3. The van der Waals surface area contributed by atoms with Crippen LogP contribution in [0.4, 0.5) is 5.82 Å². The van der Waals surface area contributed by atoms with Gasteiger partial charge in [-0.1, -0.05) is 0 Å². The molecule has 1 unspecified atom stereocenters. The molecular formula is C21H21ClN6O3S. The second-order valence-electron chi connectivity index (χ2n) is 6.79. The van der Waals surface area contributed by atoms with Crippen LogP contribution in [0.2, 0.25) is 0 Å². The van der Waals surface area contributed by atoms with E-state index in [4.69, 9.17) is 32.0 Å². The highest BCUT2D eigenvalue weighted by atomic mass is 35.5. The van der Waals surface area contributed by atoms with E-state index in [1.165, 1.54) is 0 Å². The molecule has 0 aliphatic carbocycles. The Balaban J connectivity index is 1.80. The van der Waals surface area contributed by atoms with Gasteiger partial charge in [0.1, 0.15) is 18.0 Å². The van der Waals surface area contributed by atoms with Gasteiger partial charge in [-0.3, -0.25) is 14.2 Å². The molecular weight excluding hydrogens is 452 g/mol. The molecule has 166 valence electrons. The minimum absolute atomic E-state index is 0.227. The fourth-order valence-corrected chi connectivity index (χ4v) is 4.18. The molecule has 0 fully saturated rings.